The van der Waals surface area contributed by atoms with Crippen LogP contribution in [0.25, 0.3) is 0 Å². The van der Waals surface area contributed by atoms with Crippen LogP contribution in [0.15, 0.2) is 41.6 Å². The average Bonchev–Trinajstić information content (AvgIpc) is 2.70. The van der Waals surface area contributed by atoms with Gasteiger partial charge in [0.05, 0.1) is 19.2 Å². The molecule has 2 aliphatic rings. The molecule has 0 aromatic rings. The molecule has 16 heavy (non-hydrogen) atoms. The molecule has 1 unspecified atom stereocenters. The first-order chi connectivity index (χ1) is 7.81. The molecule has 0 bridgehead atoms. The number of hydrogen-bond acceptors (Lipinski definition) is 4. The molecule has 1 atom stereocenters. The van der Waals surface area contributed by atoms with E-state index < -0.39 is 0 Å². The van der Waals surface area contributed by atoms with Gasteiger partial charge >= 0.3 is 5.97 Å². The zero-order valence-corrected chi connectivity index (χ0v) is 9.17. The van der Waals surface area contributed by atoms with Gasteiger partial charge in [-0.25, -0.2) is 4.79 Å². The summed E-state index contributed by atoms with van der Waals surface area (Å²) in [4.78, 5) is 17.6. The summed E-state index contributed by atoms with van der Waals surface area (Å²) in [5.74, 6) is 0.647. The third-order valence-corrected chi connectivity index (χ3v) is 2.41. The van der Waals surface area contributed by atoms with E-state index in [9.17, 15) is 4.79 Å². The largest absolute Gasteiger partial charge is 0.463 e. The summed E-state index contributed by atoms with van der Waals surface area (Å²) >= 11 is 0. The molecule has 0 aromatic heterocycles. The van der Waals surface area contributed by atoms with Crippen molar-refractivity contribution in [1.29, 1.82) is 0 Å². The highest BCUT2D eigenvalue weighted by molar-refractivity contribution is 5.96. The van der Waals surface area contributed by atoms with Gasteiger partial charge in [-0.1, -0.05) is 12.2 Å². The highest BCUT2D eigenvalue weighted by atomic mass is 16.5. The molecular weight excluding hydrogens is 204 g/mol. The Labute approximate surface area is 94.6 Å². The molecule has 0 radical (unpaired) electrons. The van der Waals surface area contributed by atoms with Gasteiger partial charge in [0, 0.05) is 12.3 Å². The van der Waals surface area contributed by atoms with Crippen LogP contribution >= 0.6 is 0 Å². The number of rotatable bonds is 3. The second-order valence-corrected chi connectivity index (χ2v) is 3.49. The lowest BCUT2D eigenvalue weighted by molar-refractivity contribution is -0.137. The quantitative estimate of drug-likeness (QED) is 0.529. The molecule has 0 fully saturated rings. The van der Waals surface area contributed by atoms with Gasteiger partial charge in [0.2, 0.25) is 0 Å². The van der Waals surface area contributed by atoms with E-state index in [4.69, 9.17) is 4.74 Å². The third kappa shape index (κ3) is 2.21. The number of allylic oxidation sites excluding steroid dienone is 2. The van der Waals surface area contributed by atoms with E-state index in [0.717, 1.165) is 5.84 Å². The van der Waals surface area contributed by atoms with Crippen molar-refractivity contribution >= 4 is 11.8 Å². The van der Waals surface area contributed by atoms with Crippen molar-refractivity contribution in [2.75, 3.05) is 13.2 Å². The first-order valence-electron chi connectivity index (χ1n) is 5.34. The molecule has 2 aliphatic heterocycles. The number of hydrogen-bond donors (Lipinski definition) is 0. The molecule has 84 valence electrons. The first kappa shape index (κ1) is 10.7. The zero-order chi connectivity index (χ0) is 11.4. The summed E-state index contributed by atoms with van der Waals surface area (Å²) in [6, 6.07) is 0.126. The summed E-state index contributed by atoms with van der Waals surface area (Å²) < 4.78 is 4.82. The van der Waals surface area contributed by atoms with E-state index in [-0.39, 0.29) is 12.0 Å². The highest BCUT2D eigenvalue weighted by Gasteiger charge is 2.23. The Morgan fingerprint density at radius 3 is 3.38 bits per heavy atom. The molecule has 2 heterocycles. The number of aliphatic imine (C=N–C) groups is 1. The van der Waals surface area contributed by atoms with Crippen LogP contribution in [0.2, 0.25) is 0 Å². The second kappa shape index (κ2) is 4.79. The number of esters is 1. The molecule has 0 saturated heterocycles. The van der Waals surface area contributed by atoms with E-state index in [0.29, 0.717) is 13.2 Å². The van der Waals surface area contributed by atoms with E-state index in [1.165, 1.54) is 6.08 Å². The predicted octanol–water partition coefficient (Wildman–Crippen LogP) is 1.27. The van der Waals surface area contributed by atoms with Gasteiger partial charge in [0.15, 0.2) is 0 Å². The van der Waals surface area contributed by atoms with Gasteiger partial charge < -0.3 is 9.64 Å². The summed E-state index contributed by atoms with van der Waals surface area (Å²) in [6.07, 6.45) is 11.1. The van der Waals surface area contributed by atoms with Crippen LogP contribution < -0.4 is 0 Å². The molecule has 0 saturated carbocycles. The molecule has 4 heteroatoms. The molecule has 4 nitrogen and oxygen atoms in total. The summed E-state index contributed by atoms with van der Waals surface area (Å²) in [5.41, 5.74) is 0. The van der Waals surface area contributed by atoms with E-state index in [1.54, 1.807) is 6.92 Å². The van der Waals surface area contributed by atoms with Crippen LogP contribution in [0.4, 0.5) is 0 Å². The van der Waals surface area contributed by atoms with Crippen LogP contribution in [-0.4, -0.2) is 35.9 Å². The normalized spacial score (nSPS) is 22.4. The molecule has 0 aromatic carbocycles. The van der Waals surface area contributed by atoms with Gasteiger partial charge in [-0.2, -0.15) is 0 Å². The molecule has 0 amide bonds. The fourth-order valence-corrected chi connectivity index (χ4v) is 1.67. The number of carbonyl (C=O) groups excluding carboxylic acids is 1. The van der Waals surface area contributed by atoms with Crippen LogP contribution in [-0.2, 0) is 9.53 Å². The summed E-state index contributed by atoms with van der Waals surface area (Å²) in [7, 11) is 0. The van der Waals surface area contributed by atoms with Crippen molar-refractivity contribution in [2.45, 2.75) is 13.0 Å². The SMILES string of the molecule is CCOC(=O)/C=C/C1CN=C2C=CC=CN21. The minimum Gasteiger partial charge on any atom is -0.463 e. The number of ether oxygens (including phenoxy) is 1. The Kier molecular flexibility index (Phi) is 3.19. The van der Waals surface area contributed by atoms with Crippen molar-refractivity contribution < 1.29 is 9.53 Å². The van der Waals surface area contributed by atoms with E-state index in [2.05, 4.69) is 4.99 Å². The predicted molar refractivity (Wildman–Crippen MR) is 62.0 cm³/mol. The Bertz CT molecular complexity index is 394. The van der Waals surface area contributed by atoms with E-state index in [1.807, 2.05) is 35.4 Å². The standard InChI is InChI=1S/C12H14N2O2/c1-2-16-12(15)7-6-10-9-13-11-5-3-4-8-14(10)11/h3-8,10H,2,9H2,1H3/b7-6+. The van der Waals surface area contributed by atoms with Gasteiger partial charge in [-0.15, -0.1) is 0 Å². The van der Waals surface area contributed by atoms with Gasteiger partial charge in [-0.05, 0) is 19.1 Å². The van der Waals surface area contributed by atoms with Crippen molar-refractivity contribution in [3.8, 4) is 0 Å². The lowest BCUT2D eigenvalue weighted by atomic mass is 10.2. The Morgan fingerprint density at radius 1 is 1.69 bits per heavy atom. The number of amidine groups is 1. The first-order valence-corrected chi connectivity index (χ1v) is 5.34. The fourth-order valence-electron chi connectivity index (χ4n) is 1.67. The average molecular weight is 218 g/mol. The number of nitrogens with zero attached hydrogens (tertiary/aromatic N) is 2. The Balaban J connectivity index is 1.96. The molecular formula is C12H14N2O2. The molecule has 0 N–H and O–H groups in total. The highest BCUT2D eigenvalue weighted by Crippen LogP contribution is 2.16. The molecule has 2 rings (SSSR count). The summed E-state index contributed by atoms with van der Waals surface area (Å²) in [6.45, 7) is 2.88. The topological polar surface area (TPSA) is 41.9 Å². The second-order valence-electron chi connectivity index (χ2n) is 3.49. The van der Waals surface area contributed by atoms with Gasteiger partial charge in [0.1, 0.15) is 5.84 Å². The van der Waals surface area contributed by atoms with Crippen LogP contribution in [0.3, 0.4) is 0 Å². The maximum Gasteiger partial charge on any atom is 0.330 e. The van der Waals surface area contributed by atoms with Gasteiger partial charge in [-0.3, -0.25) is 4.99 Å². The maximum absolute atomic E-state index is 11.2. The van der Waals surface area contributed by atoms with Gasteiger partial charge in [0.25, 0.3) is 0 Å². The van der Waals surface area contributed by atoms with Crippen molar-refractivity contribution in [1.82, 2.24) is 4.90 Å². The zero-order valence-electron chi connectivity index (χ0n) is 9.17. The minimum absolute atomic E-state index is 0.126. The fraction of sp³-hybridized carbons (Fsp3) is 0.333. The molecule has 0 spiro atoms. The number of carbonyl (C=O) groups is 1. The summed E-state index contributed by atoms with van der Waals surface area (Å²) in [5, 5.41) is 0. The number of fused-ring (bicyclic) bond motifs is 1. The Morgan fingerprint density at radius 2 is 2.56 bits per heavy atom. The van der Waals surface area contributed by atoms with Crippen molar-refractivity contribution in [3.05, 3.63) is 36.6 Å². The van der Waals surface area contributed by atoms with Crippen LogP contribution in [0.5, 0.6) is 0 Å². The van der Waals surface area contributed by atoms with Crippen molar-refractivity contribution in [3.63, 3.8) is 0 Å². The lowest BCUT2D eigenvalue weighted by Crippen LogP contribution is -2.30. The third-order valence-electron chi connectivity index (χ3n) is 2.41. The van der Waals surface area contributed by atoms with Crippen LogP contribution in [0.1, 0.15) is 6.92 Å². The lowest BCUT2D eigenvalue weighted by Gasteiger charge is -2.21. The monoisotopic (exact) mass is 218 g/mol. The maximum atomic E-state index is 11.2. The van der Waals surface area contributed by atoms with Crippen LogP contribution in [0, 0.1) is 0 Å². The molecule has 0 aliphatic carbocycles. The minimum atomic E-state index is -0.299. The Hall–Kier alpha value is -1.84. The van der Waals surface area contributed by atoms with E-state index >= 15 is 0 Å². The smallest absolute Gasteiger partial charge is 0.330 e. The van der Waals surface area contributed by atoms with Crippen molar-refractivity contribution in [2.24, 2.45) is 4.99 Å².